The van der Waals surface area contributed by atoms with Crippen molar-refractivity contribution in [3.05, 3.63) is 0 Å². The first-order valence-corrected chi connectivity index (χ1v) is 4.66. The summed E-state index contributed by atoms with van der Waals surface area (Å²) in [6.07, 6.45) is 0. The number of hydrogen-bond acceptors (Lipinski definition) is 4. The van der Waals surface area contributed by atoms with Crippen molar-refractivity contribution in [1.82, 2.24) is 10.2 Å². The molecule has 0 aliphatic carbocycles. The predicted octanol–water partition coefficient (Wildman–Crippen LogP) is -0.625. The van der Waals surface area contributed by atoms with E-state index < -0.39 is 5.97 Å². The maximum atomic E-state index is 10.6. The molecule has 2 rings (SSSR count). The Morgan fingerprint density at radius 3 is 3.27 bits per heavy atom. The molecular formula is C6H10N2O2S. The number of hydrogen-bond donors (Lipinski definition) is 2. The summed E-state index contributed by atoms with van der Waals surface area (Å²) in [7, 11) is 0. The molecule has 2 atom stereocenters. The first kappa shape index (κ1) is 7.39. The van der Waals surface area contributed by atoms with Crippen LogP contribution in [0.1, 0.15) is 0 Å². The van der Waals surface area contributed by atoms with E-state index in [1.807, 2.05) is 0 Å². The average Bonchev–Trinajstić information content (AvgIpc) is 2.41. The summed E-state index contributed by atoms with van der Waals surface area (Å²) in [4.78, 5) is 12.8. The molecule has 4 nitrogen and oxygen atoms in total. The molecule has 0 amide bonds. The van der Waals surface area contributed by atoms with Gasteiger partial charge in [-0.15, -0.1) is 11.8 Å². The van der Waals surface area contributed by atoms with Gasteiger partial charge in [0.2, 0.25) is 0 Å². The van der Waals surface area contributed by atoms with Gasteiger partial charge in [0.15, 0.2) is 0 Å². The molecule has 0 saturated carbocycles. The Balaban J connectivity index is 2.08. The number of nitrogens with zero attached hydrogens (tertiary/aromatic N) is 1. The Labute approximate surface area is 68.9 Å². The number of fused-ring (bicyclic) bond motifs is 1. The molecule has 5 heteroatoms. The number of thioether (sulfide) groups is 1. The van der Waals surface area contributed by atoms with Crippen LogP contribution in [0.15, 0.2) is 0 Å². The summed E-state index contributed by atoms with van der Waals surface area (Å²) in [6.45, 7) is 1.75. The summed E-state index contributed by atoms with van der Waals surface area (Å²) in [5.41, 5.74) is 0. The predicted molar refractivity (Wildman–Crippen MR) is 42.4 cm³/mol. The maximum absolute atomic E-state index is 10.6. The van der Waals surface area contributed by atoms with E-state index in [1.165, 1.54) is 0 Å². The fourth-order valence-corrected chi connectivity index (χ4v) is 2.90. The summed E-state index contributed by atoms with van der Waals surface area (Å²) in [6, 6.07) is -0.359. The lowest BCUT2D eigenvalue weighted by Crippen LogP contribution is -2.37. The number of carboxylic acids is 1. The molecule has 2 aliphatic rings. The lowest BCUT2D eigenvalue weighted by atomic mass is 10.3. The lowest BCUT2D eigenvalue weighted by molar-refractivity contribution is -0.139. The largest absolute Gasteiger partial charge is 0.480 e. The first-order valence-electron chi connectivity index (χ1n) is 3.61. The van der Waals surface area contributed by atoms with Crippen LogP contribution in [0.25, 0.3) is 0 Å². The van der Waals surface area contributed by atoms with Crippen LogP contribution in [0.5, 0.6) is 0 Å². The molecule has 62 valence electrons. The molecule has 2 aliphatic heterocycles. The van der Waals surface area contributed by atoms with E-state index >= 15 is 0 Å². The van der Waals surface area contributed by atoms with Crippen LogP contribution < -0.4 is 5.32 Å². The van der Waals surface area contributed by atoms with Gasteiger partial charge in [0.1, 0.15) is 6.04 Å². The Bertz CT molecular complexity index is 187. The summed E-state index contributed by atoms with van der Waals surface area (Å²) >= 11 is 1.73. The van der Waals surface area contributed by atoms with E-state index in [0.717, 1.165) is 19.0 Å². The van der Waals surface area contributed by atoms with Gasteiger partial charge in [0.25, 0.3) is 0 Å². The third kappa shape index (κ3) is 1.13. The molecule has 2 unspecified atom stereocenters. The van der Waals surface area contributed by atoms with E-state index in [9.17, 15) is 4.79 Å². The quantitative estimate of drug-likeness (QED) is 0.554. The number of rotatable bonds is 1. The van der Waals surface area contributed by atoms with Gasteiger partial charge in [-0.25, -0.2) is 0 Å². The Hall–Kier alpha value is -0.260. The number of nitrogens with one attached hydrogen (secondary N) is 1. The molecule has 2 heterocycles. The zero-order valence-corrected chi connectivity index (χ0v) is 6.80. The highest BCUT2D eigenvalue weighted by Gasteiger charge is 2.41. The Morgan fingerprint density at radius 1 is 1.73 bits per heavy atom. The number of carbonyl (C=O) groups is 1. The molecule has 0 bridgehead atoms. The third-order valence-corrected chi connectivity index (χ3v) is 3.42. The van der Waals surface area contributed by atoms with Crippen molar-refractivity contribution in [2.75, 3.05) is 19.0 Å². The SMILES string of the molecule is O=C(O)C1NCN2CCSC12. The second kappa shape index (κ2) is 2.66. The molecule has 2 saturated heterocycles. The van der Waals surface area contributed by atoms with Crippen molar-refractivity contribution in [3.63, 3.8) is 0 Å². The van der Waals surface area contributed by atoms with Gasteiger partial charge >= 0.3 is 5.97 Å². The van der Waals surface area contributed by atoms with Crippen molar-refractivity contribution in [2.24, 2.45) is 0 Å². The van der Waals surface area contributed by atoms with Crippen molar-refractivity contribution in [2.45, 2.75) is 11.4 Å². The minimum atomic E-state index is -0.730. The lowest BCUT2D eigenvalue weighted by Gasteiger charge is -2.13. The van der Waals surface area contributed by atoms with Gasteiger partial charge in [-0.3, -0.25) is 15.0 Å². The zero-order chi connectivity index (χ0) is 7.84. The molecule has 0 aromatic carbocycles. The molecule has 0 spiro atoms. The zero-order valence-electron chi connectivity index (χ0n) is 5.99. The minimum absolute atomic E-state index is 0.174. The monoisotopic (exact) mass is 174 g/mol. The van der Waals surface area contributed by atoms with E-state index in [1.54, 1.807) is 11.8 Å². The van der Waals surface area contributed by atoms with Crippen LogP contribution in [0, 0.1) is 0 Å². The normalized spacial score (nSPS) is 37.5. The van der Waals surface area contributed by atoms with Gasteiger partial charge in [0, 0.05) is 19.0 Å². The van der Waals surface area contributed by atoms with Crippen molar-refractivity contribution in [1.29, 1.82) is 0 Å². The van der Waals surface area contributed by atoms with Gasteiger partial charge < -0.3 is 5.11 Å². The molecule has 11 heavy (non-hydrogen) atoms. The van der Waals surface area contributed by atoms with E-state index in [2.05, 4.69) is 10.2 Å². The van der Waals surface area contributed by atoms with Crippen molar-refractivity contribution >= 4 is 17.7 Å². The van der Waals surface area contributed by atoms with Gasteiger partial charge in [0.05, 0.1) is 5.37 Å². The van der Waals surface area contributed by atoms with Crippen LogP contribution in [0.4, 0.5) is 0 Å². The van der Waals surface area contributed by atoms with Crippen LogP contribution >= 0.6 is 11.8 Å². The topological polar surface area (TPSA) is 52.6 Å². The van der Waals surface area contributed by atoms with Crippen LogP contribution in [-0.2, 0) is 4.79 Å². The summed E-state index contributed by atoms with van der Waals surface area (Å²) < 4.78 is 0. The molecule has 0 radical (unpaired) electrons. The standard InChI is InChI=1S/C6H10N2O2S/c9-6(10)4-5-8(3-7-4)1-2-11-5/h4-5,7H,1-3H2,(H,9,10). The average molecular weight is 174 g/mol. The highest BCUT2D eigenvalue weighted by molar-refractivity contribution is 8.00. The van der Waals surface area contributed by atoms with Gasteiger partial charge in [-0.05, 0) is 0 Å². The fourth-order valence-electron chi connectivity index (χ4n) is 1.53. The fraction of sp³-hybridized carbons (Fsp3) is 0.833. The molecule has 2 N–H and O–H groups in total. The summed E-state index contributed by atoms with van der Waals surface area (Å²) in [5, 5.41) is 11.9. The van der Waals surface area contributed by atoms with Crippen molar-refractivity contribution in [3.8, 4) is 0 Å². The van der Waals surface area contributed by atoms with Crippen LogP contribution in [-0.4, -0.2) is 46.4 Å². The second-order valence-corrected chi connectivity index (χ2v) is 3.98. The van der Waals surface area contributed by atoms with Gasteiger partial charge in [-0.2, -0.15) is 0 Å². The third-order valence-electron chi connectivity index (χ3n) is 2.09. The second-order valence-electron chi connectivity index (χ2n) is 2.75. The Morgan fingerprint density at radius 2 is 2.55 bits per heavy atom. The van der Waals surface area contributed by atoms with Crippen molar-refractivity contribution < 1.29 is 9.90 Å². The van der Waals surface area contributed by atoms with Gasteiger partial charge in [-0.1, -0.05) is 0 Å². The number of aliphatic carboxylic acids is 1. The van der Waals surface area contributed by atoms with E-state index in [-0.39, 0.29) is 11.4 Å². The highest BCUT2D eigenvalue weighted by Crippen LogP contribution is 2.29. The molecule has 2 fully saturated rings. The van der Waals surface area contributed by atoms with Crippen LogP contribution in [0.3, 0.4) is 0 Å². The molecular weight excluding hydrogens is 164 g/mol. The van der Waals surface area contributed by atoms with E-state index in [0.29, 0.717) is 0 Å². The first-order chi connectivity index (χ1) is 5.29. The van der Waals surface area contributed by atoms with E-state index in [4.69, 9.17) is 5.11 Å². The number of carboxylic acid groups (broad SMARTS) is 1. The minimum Gasteiger partial charge on any atom is -0.480 e. The summed E-state index contributed by atoms with van der Waals surface area (Å²) in [5.74, 6) is 0.336. The highest BCUT2D eigenvalue weighted by atomic mass is 32.2. The molecule has 0 aromatic heterocycles. The maximum Gasteiger partial charge on any atom is 0.323 e. The Kier molecular flexibility index (Phi) is 1.78. The van der Waals surface area contributed by atoms with Crippen LogP contribution in [0.2, 0.25) is 0 Å². The molecule has 0 aromatic rings. The smallest absolute Gasteiger partial charge is 0.323 e.